The van der Waals surface area contributed by atoms with Crippen LogP contribution in [-0.4, -0.2) is 23.5 Å². The molecule has 3 N–H and O–H groups in total. The number of hydrogen-bond acceptors (Lipinski definition) is 4. The monoisotopic (exact) mass is 402 g/mol. The second kappa shape index (κ2) is 9.45. The van der Waals surface area contributed by atoms with Gasteiger partial charge in [-0.25, -0.2) is 14.2 Å². The molecule has 1 aliphatic carbocycles. The van der Waals surface area contributed by atoms with Crippen LogP contribution in [0.25, 0.3) is 0 Å². The summed E-state index contributed by atoms with van der Waals surface area (Å²) in [5, 5.41) is 8.45. The van der Waals surface area contributed by atoms with Gasteiger partial charge in [0.25, 0.3) is 5.91 Å². The number of aryl methyl sites for hydroxylation is 1. The molecule has 0 spiro atoms. The number of nitrogens with one attached hydrogen (secondary N) is 3. The summed E-state index contributed by atoms with van der Waals surface area (Å²) in [7, 11) is 0. The number of aromatic nitrogens is 1. The predicted octanol–water partition coefficient (Wildman–Crippen LogP) is 4.85. The van der Waals surface area contributed by atoms with E-state index in [4.69, 9.17) is 0 Å². The van der Waals surface area contributed by atoms with E-state index in [1.54, 1.807) is 6.92 Å². The normalized spacial score (nSPS) is 13.6. The summed E-state index contributed by atoms with van der Waals surface area (Å²) >= 11 is 1.13. The van der Waals surface area contributed by atoms with Gasteiger partial charge in [-0.05, 0) is 63.3 Å². The topological polar surface area (TPSA) is 83.1 Å². The molecule has 8 heteroatoms. The van der Waals surface area contributed by atoms with Crippen LogP contribution < -0.4 is 16.0 Å². The zero-order valence-electron chi connectivity index (χ0n) is 15.7. The van der Waals surface area contributed by atoms with Crippen molar-refractivity contribution in [3.63, 3.8) is 0 Å². The molecule has 2 aromatic rings. The van der Waals surface area contributed by atoms with Gasteiger partial charge in [-0.2, -0.15) is 0 Å². The summed E-state index contributed by atoms with van der Waals surface area (Å²) < 4.78 is 12.9. The second-order valence-corrected chi connectivity index (χ2v) is 7.63. The van der Waals surface area contributed by atoms with Crippen LogP contribution in [0.4, 0.5) is 20.0 Å². The van der Waals surface area contributed by atoms with Gasteiger partial charge >= 0.3 is 6.03 Å². The highest BCUT2D eigenvalue weighted by atomic mass is 32.1. The third-order valence-corrected chi connectivity index (χ3v) is 5.51. The maximum atomic E-state index is 12.9. The van der Waals surface area contributed by atoms with Crippen LogP contribution in [0.5, 0.6) is 0 Å². The molecule has 1 aromatic heterocycles. The minimum absolute atomic E-state index is 0.182. The van der Waals surface area contributed by atoms with Gasteiger partial charge in [-0.3, -0.25) is 10.1 Å². The largest absolute Gasteiger partial charge is 0.351 e. The van der Waals surface area contributed by atoms with Crippen LogP contribution in [0.1, 0.15) is 47.5 Å². The third-order valence-electron chi connectivity index (χ3n) is 4.44. The average molecular weight is 402 g/mol. The van der Waals surface area contributed by atoms with Crippen molar-refractivity contribution in [1.82, 2.24) is 10.3 Å². The first kappa shape index (κ1) is 20.0. The number of anilines is 2. The maximum Gasteiger partial charge on any atom is 0.325 e. The molecule has 1 aromatic carbocycles. The van der Waals surface area contributed by atoms with E-state index in [0.717, 1.165) is 30.6 Å². The minimum Gasteiger partial charge on any atom is -0.351 e. The van der Waals surface area contributed by atoms with Crippen LogP contribution in [0.3, 0.4) is 0 Å². The Morgan fingerprint density at radius 3 is 2.68 bits per heavy atom. The molecular weight excluding hydrogens is 379 g/mol. The Hall–Kier alpha value is -2.74. The number of halogens is 1. The molecule has 0 aliphatic heterocycles. The molecule has 0 atom stereocenters. The highest BCUT2D eigenvalue weighted by Crippen LogP contribution is 2.23. The van der Waals surface area contributed by atoms with E-state index in [0.29, 0.717) is 27.9 Å². The predicted molar refractivity (Wildman–Crippen MR) is 109 cm³/mol. The summed E-state index contributed by atoms with van der Waals surface area (Å²) in [6, 6.07) is 4.94. The smallest absolute Gasteiger partial charge is 0.325 e. The molecule has 0 unspecified atom stereocenters. The Bertz CT molecular complexity index is 877. The molecule has 3 amide bonds. The number of carbonyl (C=O) groups is 2. The van der Waals surface area contributed by atoms with E-state index in [1.165, 1.54) is 42.7 Å². The number of amides is 3. The maximum absolute atomic E-state index is 12.9. The van der Waals surface area contributed by atoms with Gasteiger partial charge in [-0.15, -0.1) is 0 Å². The number of urea groups is 1. The van der Waals surface area contributed by atoms with Gasteiger partial charge < -0.3 is 10.6 Å². The Labute approximate surface area is 167 Å². The third kappa shape index (κ3) is 5.63. The molecule has 148 valence electrons. The van der Waals surface area contributed by atoms with Crippen molar-refractivity contribution in [2.75, 3.05) is 17.2 Å². The number of hydrogen-bond donors (Lipinski definition) is 3. The molecule has 3 rings (SSSR count). The van der Waals surface area contributed by atoms with Crippen LogP contribution in [0, 0.1) is 12.7 Å². The Kier molecular flexibility index (Phi) is 6.76. The van der Waals surface area contributed by atoms with Crippen LogP contribution in [0.15, 0.2) is 35.9 Å². The molecule has 1 aliphatic rings. The standard InChI is InChI=1S/C20H23FN4O2S/c1-13-17(18(26)22-12-11-14-5-3-2-4-6-14)28-20(23-13)25-19(27)24-16-9-7-15(21)8-10-16/h5,7-10H,2-4,6,11-12H2,1H3,(H,22,26)(H2,23,24,25,27). The zero-order chi connectivity index (χ0) is 19.9. The highest BCUT2D eigenvalue weighted by Gasteiger charge is 2.16. The molecule has 0 saturated heterocycles. The lowest BCUT2D eigenvalue weighted by Gasteiger charge is -2.12. The number of carbonyl (C=O) groups excluding carboxylic acids is 2. The van der Waals surface area contributed by atoms with Gasteiger partial charge in [0.1, 0.15) is 10.7 Å². The fourth-order valence-electron chi connectivity index (χ4n) is 3.00. The molecule has 0 fully saturated rings. The van der Waals surface area contributed by atoms with Gasteiger partial charge in [0, 0.05) is 12.2 Å². The lowest BCUT2D eigenvalue weighted by molar-refractivity contribution is 0.0957. The second-order valence-electron chi connectivity index (χ2n) is 6.63. The summed E-state index contributed by atoms with van der Waals surface area (Å²) in [6.45, 7) is 2.33. The minimum atomic E-state index is -0.503. The fourth-order valence-corrected chi connectivity index (χ4v) is 3.88. The summed E-state index contributed by atoms with van der Waals surface area (Å²) in [6.07, 6.45) is 7.87. The first-order valence-corrected chi connectivity index (χ1v) is 10.1. The van der Waals surface area contributed by atoms with Crippen molar-refractivity contribution in [3.8, 4) is 0 Å². The molecule has 6 nitrogen and oxygen atoms in total. The van der Waals surface area contributed by atoms with Crippen molar-refractivity contribution < 1.29 is 14.0 Å². The molecule has 0 saturated carbocycles. The van der Waals surface area contributed by atoms with Crippen molar-refractivity contribution in [3.05, 3.63) is 52.3 Å². The summed E-state index contributed by atoms with van der Waals surface area (Å²) in [5.41, 5.74) is 2.44. The van der Waals surface area contributed by atoms with E-state index >= 15 is 0 Å². The lowest BCUT2D eigenvalue weighted by Crippen LogP contribution is -2.24. The number of nitrogens with zero attached hydrogens (tertiary/aromatic N) is 1. The quantitative estimate of drug-likeness (QED) is 0.604. The molecular formula is C20H23FN4O2S. The number of benzene rings is 1. The van der Waals surface area contributed by atoms with E-state index in [1.807, 2.05) is 0 Å². The molecule has 0 bridgehead atoms. The SMILES string of the molecule is Cc1nc(NC(=O)Nc2ccc(F)cc2)sc1C(=O)NCCC1=CCCCC1. The molecule has 28 heavy (non-hydrogen) atoms. The Morgan fingerprint density at radius 1 is 1.18 bits per heavy atom. The van der Waals surface area contributed by atoms with Crippen LogP contribution in [0.2, 0.25) is 0 Å². The Morgan fingerprint density at radius 2 is 1.96 bits per heavy atom. The van der Waals surface area contributed by atoms with Gasteiger partial charge in [-0.1, -0.05) is 23.0 Å². The van der Waals surface area contributed by atoms with E-state index < -0.39 is 6.03 Å². The number of allylic oxidation sites excluding steroid dienone is 1. The van der Waals surface area contributed by atoms with Crippen LogP contribution in [-0.2, 0) is 0 Å². The fraction of sp³-hybridized carbons (Fsp3) is 0.350. The molecule has 0 radical (unpaired) electrons. The average Bonchev–Trinajstić information content (AvgIpc) is 3.04. The van der Waals surface area contributed by atoms with Crippen LogP contribution >= 0.6 is 11.3 Å². The first-order chi connectivity index (χ1) is 13.5. The first-order valence-electron chi connectivity index (χ1n) is 9.28. The van der Waals surface area contributed by atoms with Gasteiger partial charge in [0.15, 0.2) is 5.13 Å². The molecule has 1 heterocycles. The number of thiazole rings is 1. The number of rotatable bonds is 6. The highest BCUT2D eigenvalue weighted by molar-refractivity contribution is 7.17. The van der Waals surface area contributed by atoms with Crippen molar-refractivity contribution in [1.29, 1.82) is 0 Å². The van der Waals surface area contributed by atoms with E-state index in [2.05, 4.69) is 27.0 Å². The summed E-state index contributed by atoms with van der Waals surface area (Å²) in [5.74, 6) is -0.560. The van der Waals surface area contributed by atoms with Gasteiger partial charge in [0.05, 0.1) is 5.69 Å². The summed E-state index contributed by atoms with van der Waals surface area (Å²) in [4.78, 5) is 29.2. The van der Waals surface area contributed by atoms with Crippen molar-refractivity contribution in [2.24, 2.45) is 0 Å². The van der Waals surface area contributed by atoms with Gasteiger partial charge in [0.2, 0.25) is 0 Å². The van der Waals surface area contributed by atoms with Crippen molar-refractivity contribution >= 4 is 34.1 Å². The Balaban J connectivity index is 1.51. The zero-order valence-corrected chi connectivity index (χ0v) is 16.5. The lowest BCUT2D eigenvalue weighted by atomic mass is 9.97. The van der Waals surface area contributed by atoms with E-state index in [9.17, 15) is 14.0 Å². The van der Waals surface area contributed by atoms with Crippen molar-refractivity contribution in [2.45, 2.75) is 39.0 Å². The van der Waals surface area contributed by atoms with E-state index in [-0.39, 0.29) is 11.7 Å².